The van der Waals surface area contributed by atoms with Crippen LogP contribution in [-0.4, -0.2) is 28.3 Å². The maximum absolute atomic E-state index is 13.1. The number of hydrogen-bond acceptors (Lipinski definition) is 4. The first-order valence-corrected chi connectivity index (χ1v) is 10.5. The molecule has 0 N–H and O–H groups in total. The summed E-state index contributed by atoms with van der Waals surface area (Å²) >= 11 is 0. The summed E-state index contributed by atoms with van der Waals surface area (Å²) in [5, 5.41) is 0. The van der Waals surface area contributed by atoms with E-state index < -0.39 is 23.4 Å². The molecule has 1 atom stereocenters. The summed E-state index contributed by atoms with van der Waals surface area (Å²) in [6.45, 7) is 18.5. The van der Waals surface area contributed by atoms with E-state index in [0.717, 1.165) is 22.5 Å². The van der Waals surface area contributed by atoms with Gasteiger partial charge in [0.05, 0.1) is 0 Å². The molecule has 1 aliphatic carbocycles. The van der Waals surface area contributed by atoms with Gasteiger partial charge in [-0.2, -0.15) is 4.90 Å². The van der Waals surface area contributed by atoms with E-state index in [0.29, 0.717) is 12.1 Å². The Hall–Kier alpha value is -2.56. The van der Waals surface area contributed by atoms with E-state index >= 15 is 0 Å². The van der Waals surface area contributed by atoms with E-state index in [9.17, 15) is 9.59 Å². The summed E-state index contributed by atoms with van der Waals surface area (Å²) in [7, 11) is 0. The van der Waals surface area contributed by atoms with Gasteiger partial charge in [-0.25, -0.2) is 9.59 Å². The number of carbonyl (C=O) groups excluding carboxylic acids is 2. The summed E-state index contributed by atoms with van der Waals surface area (Å²) < 4.78 is 11.1. The van der Waals surface area contributed by atoms with E-state index in [1.807, 2.05) is 38.2 Å². The Morgan fingerprint density at radius 1 is 1.13 bits per heavy atom. The van der Waals surface area contributed by atoms with E-state index in [-0.39, 0.29) is 5.92 Å². The third kappa shape index (κ3) is 7.69. The molecule has 0 aromatic carbocycles. The van der Waals surface area contributed by atoms with Crippen LogP contribution >= 0.6 is 0 Å². The van der Waals surface area contributed by atoms with Gasteiger partial charge in [0, 0.05) is 11.6 Å². The Morgan fingerprint density at radius 2 is 1.67 bits per heavy atom. The average molecular weight is 416 g/mol. The SMILES string of the molecule is C=C/C(=C\C=C/C)C1=CC[C@H](CC)C(N(C(=O)OC(C)(C)C)C(=O)OC(C)(C)C)=C1. The molecule has 0 aromatic rings. The van der Waals surface area contributed by atoms with Gasteiger partial charge in [-0.3, -0.25) is 0 Å². The van der Waals surface area contributed by atoms with E-state index in [1.165, 1.54) is 0 Å². The fraction of sp³-hybridized carbons (Fsp3) is 0.520. The number of imide groups is 1. The van der Waals surface area contributed by atoms with Crippen molar-refractivity contribution in [2.45, 2.75) is 79.4 Å². The van der Waals surface area contributed by atoms with Gasteiger partial charge in [-0.05, 0) is 78.5 Å². The van der Waals surface area contributed by atoms with E-state index in [1.54, 1.807) is 47.6 Å². The second kappa shape index (κ2) is 10.5. The molecule has 2 amide bonds. The second-order valence-electron chi connectivity index (χ2n) is 9.22. The van der Waals surface area contributed by atoms with Crippen molar-refractivity contribution in [3.05, 3.63) is 59.9 Å². The van der Waals surface area contributed by atoms with Crippen molar-refractivity contribution in [3.8, 4) is 0 Å². The molecule has 0 saturated heterocycles. The molecular formula is C25H37NO4. The molecule has 30 heavy (non-hydrogen) atoms. The molecule has 0 aliphatic heterocycles. The van der Waals surface area contributed by atoms with Crippen molar-refractivity contribution in [3.63, 3.8) is 0 Å². The van der Waals surface area contributed by atoms with Crippen LogP contribution in [0.3, 0.4) is 0 Å². The lowest BCUT2D eigenvalue weighted by Gasteiger charge is -2.34. The highest BCUT2D eigenvalue weighted by atomic mass is 16.6. The molecular weight excluding hydrogens is 378 g/mol. The van der Waals surface area contributed by atoms with Crippen molar-refractivity contribution in [1.29, 1.82) is 0 Å². The highest BCUT2D eigenvalue weighted by Gasteiger charge is 2.37. The fourth-order valence-corrected chi connectivity index (χ4v) is 2.93. The maximum Gasteiger partial charge on any atom is 0.424 e. The van der Waals surface area contributed by atoms with Crippen molar-refractivity contribution in [2.75, 3.05) is 0 Å². The first-order chi connectivity index (χ1) is 13.8. The molecule has 0 aromatic heterocycles. The Balaban J connectivity index is 3.51. The lowest BCUT2D eigenvalue weighted by molar-refractivity contribution is 0.00609. The third-order valence-corrected chi connectivity index (χ3v) is 4.27. The predicted molar refractivity (Wildman–Crippen MR) is 122 cm³/mol. The standard InChI is InChI=1S/C25H37NO4/c1-10-13-14-18(11-2)20-16-15-19(12-3)21(17-20)26(22(27)29-24(4,5)6)23(28)30-25(7,8)9/h10-11,13-14,16-17,19H,2,12,15H2,1,3-9H3/b13-10-,18-14+/t19-/m0/s1. The molecule has 1 aliphatic rings. The van der Waals surface area contributed by atoms with Crippen LogP contribution < -0.4 is 0 Å². The number of carbonyl (C=O) groups is 2. The maximum atomic E-state index is 13.1. The summed E-state index contributed by atoms with van der Waals surface area (Å²) in [4.78, 5) is 27.2. The Kier molecular flexibility index (Phi) is 8.89. The largest absolute Gasteiger partial charge is 0.443 e. The van der Waals surface area contributed by atoms with Crippen LogP contribution in [0.15, 0.2) is 59.9 Å². The lowest BCUT2D eigenvalue weighted by atomic mass is 9.87. The zero-order valence-electron chi connectivity index (χ0n) is 19.7. The summed E-state index contributed by atoms with van der Waals surface area (Å²) in [5.41, 5.74) is 0.899. The molecule has 166 valence electrons. The van der Waals surface area contributed by atoms with Crippen LogP contribution in [-0.2, 0) is 9.47 Å². The fourth-order valence-electron chi connectivity index (χ4n) is 2.93. The van der Waals surface area contributed by atoms with Gasteiger partial charge in [0.25, 0.3) is 0 Å². The zero-order valence-corrected chi connectivity index (χ0v) is 19.7. The van der Waals surface area contributed by atoms with Crippen molar-refractivity contribution in [2.24, 2.45) is 5.92 Å². The topological polar surface area (TPSA) is 55.8 Å². The van der Waals surface area contributed by atoms with Crippen LogP contribution in [0, 0.1) is 5.92 Å². The van der Waals surface area contributed by atoms with Crippen molar-refractivity contribution < 1.29 is 19.1 Å². The van der Waals surface area contributed by atoms with E-state index in [2.05, 4.69) is 12.7 Å². The highest BCUT2D eigenvalue weighted by Crippen LogP contribution is 2.34. The average Bonchev–Trinajstić information content (AvgIpc) is 2.59. The molecule has 5 nitrogen and oxygen atoms in total. The lowest BCUT2D eigenvalue weighted by Crippen LogP contribution is -2.44. The van der Waals surface area contributed by atoms with Crippen LogP contribution in [0.25, 0.3) is 0 Å². The molecule has 1 rings (SSSR count). The van der Waals surface area contributed by atoms with Gasteiger partial charge in [0.2, 0.25) is 0 Å². The first-order valence-electron chi connectivity index (χ1n) is 10.5. The second-order valence-corrected chi connectivity index (χ2v) is 9.22. The van der Waals surface area contributed by atoms with Gasteiger partial charge in [-0.15, -0.1) is 0 Å². The normalized spacial score (nSPS) is 17.9. The van der Waals surface area contributed by atoms with Gasteiger partial charge in [0.1, 0.15) is 11.2 Å². The Morgan fingerprint density at radius 3 is 2.07 bits per heavy atom. The molecule has 0 radical (unpaired) electrons. The van der Waals surface area contributed by atoms with E-state index in [4.69, 9.17) is 9.47 Å². The van der Waals surface area contributed by atoms with Crippen LogP contribution in [0.5, 0.6) is 0 Å². The van der Waals surface area contributed by atoms with Crippen LogP contribution in [0.4, 0.5) is 9.59 Å². The van der Waals surface area contributed by atoms with Crippen LogP contribution in [0.1, 0.15) is 68.2 Å². The minimum Gasteiger partial charge on any atom is -0.443 e. The van der Waals surface area contributed by atoms with Crippen LogP contribution in [0.2, 0.25) is 0 Å². The number of ether oxygens (including phenoxy) is 2. The minimum absolute atomic E-state index is 0.0124. The molecule has 0 bridgehead atoms. The third-order valence-electron chi connectivity index (χ3n) is 4.27. The molecule has 0 heterocycles. The number of rotatable bonds is 5. The number of allylic oxidation sites excluding steroid dienone is 9. The van der Waals surface area contributed by atoms with Gasteiger partial charge in [0.15, 0.2) is 0 Å². The smallest absolute Gasteiger partial charge is 0.424 e. The van der Waals surface area contributed by atoms with Crippen molar-refractivity contribution in [1.82, 2.24) is 4.90 Å². The Labute approximate surface area is 181 Å². The minimum atomic E-state index is -0.745. The number of hydrogen-bond donors (Lipinski definition) is 0. The Bertz CT molecular complexity index is 742. The van der Waals surface area contributed by atoms with Gasteiger partial charge in [-0.1, -0.05) is 43.9 Å². The monoisotopic (exact) mass is 415 g/mol. The zero-order chi connectivity index (χ0) is 23.1. The quantitative estimate of drug-likeness (QED) is 0.450. The van der Waals surface area contributed by atoms with Gasteiger partial charge >= 0.3 is 12.2 Å². The van der Waals surface area contributed by atoms with Gasteiger partial charge < -0.3 is 9.47 Å². The highest BCUT2D eigenvalue weighted by molar-refractivity contribution is 5.91. The van der Waals surface area contributed by atoms with Crippen molar-refractivity contribution >= 4 is 12.2 Å². The molecule has 0 fully saturated rings. The summed E-state index contributed by atoms with van der Waals surface area (Å²) in [5.74, 6) is -0.0124. The first kappa shape index (κ1) is 25.5. The molecule has 0 spiro atoms. The molecule has 0 saturated carbocycles. The number of amides is 2. The summed E-state index contributed by atoms with van der Waals surface area (Å²) in [6.07, 6.45) is 11.5. The molecule has 0 unspecified atom stereocenters. The summed E-state index contributed by atoms with van der Waals surface area (Å²) in [6, 6.07) is 0. The molecule has 5 heteroatoms. The number of nitrogens with zero attached hydrogens (tertiary/aromatic N) is 1. The predicted octanol–water partition coefficient (Wildman–Crippen LogP) is 7.09.